The van der Waals surface area contributed by atoms with Crippen LogP contribution < -0.4 is 10.2 Å². The summed E-state index contributed by atoms with van der Waals surface area (Å²) in [6, 6.07) is 9.90. The third-order valence-corrected chi connectivity index (χ3v) is 5.78. The third-order valence-electron chi connectivity index (χ3n) is 4.93. The largest absolute Gasteiger partial charge is 0.362 e. The molecule has 152 valence electrons. The molecule has 0 unspecified atom stereocenters. The highest BCUT2D eigenvalue weighted by molar-refractivity contribution is 9.10. The molecule has 0 aliphatic carbocycles. The number of hydrogen-bond donors (Lipinski definition) is 1. The van der Waals surface area contributed by atoms with Crippen molar-refractivity contribution in [3.05, 3.63) is 62.1 Å². The van der Waals surface area contributed by atoms with Gasteiger partial charge in [0, 0.05) is 54.9 Å². The minimum Gasteiger partial charge on any atom is -0.362 e. The second kappa shape index (κ2) is 8.60. The van der Waals surface area contributed by atoms with E-state index in [9.17, 15) is 19.7 Å². The summed E-state index contributed by atoms with van der Waals surface area (Å²) in [4.78, 5) is 38.8. The number of nitrogens with zero attached hydrogens (tertiary/aromatic N) is 3. The smallest absolute Gasteiger partial charge is 0.293 e. The van der Waals surface area contributed by atoms with Crippen LogP contribution in [0.15, 0.2) is 40.9 Å². The molecular formula is C20H21BrN4O4. The Kier molecular flexibility index (Phi) is 6.17. The Hall–Kier alpha value is -2.94. The van der Waals surface area contributed by atoms with E-state index in [4.69, 9.17) is 0 Å². The summed E-state index contributed by atoms with van der Waals surface area (Å²) in [6.45, 7) is 5.48. The molecule has 3 rings (SSSR count). The van der Waals surface area contributed by atoms with Gasteiger partial charge in [0.15, 0.2) is 0 Å². The number of aryl methyl sites for hydroxylation is 1. The molecular weight excluding hydrogens is 440 g/mol. The van der Waals surface area contributed by atoms with Gasteiger partial charge in [-0.2, -0.15) is 0 Å². The number of anilines is 2. The molecule has 1 saturated heterocycles. The zero-order chi connectivity index (χ0) is 21.1. The van der Waals surface area contributed by atoms with Gasteiger partial charge in [-0.15, -0.1) is 0 Å². The predicted octanol–water partition coefficient (Wildman–Crippen LogP) is 3.59. The maximum Gasteiger partial charge on any atom is 0.293 e. The van der Waals surface area contributed by atoms with Crippen LogP contribution in [-0.4, -0.2) is 47.8 Å². The van der Waals surface area contributed by atoms with Crippen LogP contribution in [0.3, 0.4) is 0 Å². The van der Waals surface area contributed by atoms with E-state index < -0.39 is 10.8 Å². The van der Waals surface area contributed by atoms with Gasteiger partial charge in [0.1, 0.15) is 5.69 Å². The first-order chi connectivity index (χ1) is 13.8. The molecule has 2 aromatic rings. The van der Waals surface area contributed by atoms with Crippen molar-refractivity contribution in [1.82, 2.24) is 4.90 Å². The number of hydrogen-bond acceptors (Lipinski definition) is 5. The number of amides is 2. The van der Waals surface area contributed by atoms with Crippen molar-refractivity contribution in [1.29, 1.82) is 0 Å². The summed E-state index contributed by atoms with van der Waals surface area (Å²) in [5.74, 6) is -0.425. The lowest BCUT2D eigenvalue weighted by atomic mass is 10.1. The Morgan fingerprint density at radius 2 is 1.79 bits per heavy atom. The summed E-state index contributed by atoms with van der Waals surface area (Å²) in [7, 11) is 0. The first-order valence-electron chi connectivity index (χ1n) is 9.12. The molecule has 0 radical (unpaired) electrons. The Morgan fingerprint density at radius 3 is 2.38 bits per heavy atom. The standard InChI is InChI=1S/C20H21BrN4O4/c1-13-3-5-16(12-17(13)21)22-20(27)15-4-6-18(19(11-15)25(28)29)24-9-7-23(8-10-24)14(2)26/h3-6,11-12H,7-10H2,1-2H3,(H,22,27). The molecule has 2 amide bonds. The van der Waals surface area contributed by atoms with Crippen LogP contribution >= 0.6 is 15.9 Å². The maximum atomic E-state index is 12.6. The number of rotatable bonds is 4. The van der Waals surface area contributed by atoms with Crippen LogP contribution in [0.4, 0.5) is 17.1 Å². The van der Waals surface area contributed by atoms with Crippen LogP contribution in [0.25, 0.3) is 0 Å². The van der Waals surface area contributed by atoms with Crippen molar-refractivity contribution in [3.8, 4) is 0 Å². The number of halogens is 1. The van der Waals surface area contributed by atoms with Crippen molar-refractivity contribution in [2.45, 2.75) is 13.8 Å². The summed E-state index contributed by atoms with van der Waals surface area (Å²) >= 11 is 3.42. The van der Waals surface area contributed by atoms with Crippen LogP contribution in [-0.2, 0) is 4.79 Å². The number of carbonyl (C=O) groups excluding carboxylic acids is 2. The highest BCUT2D eigenvalue weighted by Crippen LogP contribution is 2.30. The first-order valence-corrected chi connectivity index (χ1v) is 9.92. The number of piperazine rings is 1. The molecule has 0 bridgehead atoms. The van der Waals surface area contributed by atoms with Gasteiger partial charge in [0.05, 0.1) is 4.92 Å². The summed E-state index contributed by atoms with van der Waals surface area (Å²) < 4.78 is 0.862. The van der Waals surface area contributed by atoms with Crippen LogP contribution in [0.1, 0.15) is 22.8 Å². The zero-order valence-electron chi connectivity index (χ0n) is 16.1. The first kappa shape index (κ1) is 20.8. The number of carbonyl (C=O) groups is 2. The lowest BCUT2D eigenvalue weighted by Crippen LogP contribution is -2.48. The SMILES string of the molecule is CC(=O)N1CCN(c2ccc(C(=O)Nc3ccc(C)c(Br)c3)cc2[N+](=O)[O-])CC1. The van der Waals surface area contributed by atoms with Crippen LogP contribution in [0.5, 0.6) is 0 Å². The second-order valence-electron chi connectivity index (χ2n) is 6.87. The van der Waals surface area contributed by atoms with E-state index in [1.165, 1.54) is 13.0 Å². The molecule has 2 aromatic carbocycles. The third kappa shape index (κ3) is 4.73. The normalized spacial score (nSPS) is 13.9. The van der Waals surface area contributed by atoms with Crippen molar-refractivity contribution in [2.75, 3.05) is 36.4 Å². The van der Waals surface area contributed by atoms with Gasteiger partial charge in [-0.25, -0.2) is 0 Å². The molecule has 1 heterocycles. The summed E-state index contributed by atoms with van der Waals surface area (Å²) in [5, 5.41) is 14.4. The average Bonchev–Trinajstić information content (AvgIpc) is 2.70. The van der Waals surface area contributed by atoms with Crippen molar-refractivity contribution >= 4 is 44.8 Å². The van der Waals surface area contributed by atoms with Gasteiger partial charge in [-0.3, -0.25) is 19.7 Å². The molecule has 0 atom stereocenters. The fourth-order valence-electron chi connectivity index (χ4n) is 3.21. The second-order valence-corrected chi connectivity index (χ2v) is 7.73. The van der Waals surface area contributed by atoms with Crippen molar-refractivity contribution in [3.63, 3.8) is 0 Å². The van der Waals surface area contributed by atoms with Gasteiger partial charge in [0.2, 0.25) is 5.91 Å². The van der Waals surface area contributed by atoms with Gasteiger partial charge in [0.25, 0.3) is 11.6 Å². The van der Waals surface area contributed by atoms with Gasteiger partial charge in [-0.1, -0.05) is 22.0 Å². The zero-order valence-corrected chi connectivity index (χ0v) is 17.7. The Bertz CT molecular complexity index is 971. The Balaban J connectivity index is 1.80. The molecule has 0 saturated carbocycles. The van der Waals surface area contributed by atoms with E-state index in [0.717, 1.165) is 10.0 Å². The summed E-state index contributed by atoms with van der Waals surface area (Å²) in [5.41, 5.74) is 2.17. The minimum absolute atomic E-state index is 0.00564. The number of nitro groups is 1. The molecule has 8 nitrogen and oxygen atoms in total. The summed E-state index contributed by atoms with van der Waals surface area (Å²) in [6.07, 6.45) is 0. The van der Waals surface area contributed by atoms with Crippen molar-refractivity contribution in [2.24, 2.45) is 0 Å². The van der Waals surface area contributed by atoms with Crippen LogP contribution in [0.2, 0.25) is 0 Å². The minimum atomic E-state index is -0.480. The molecule has 9 heteroatoms. The monoisotopic (exact) mass is 460 g/mol. The fraction of sp³-hybridized carbons (Fsp3) is 0.300. The quantitative estimate of drug-likeness (QED) is 0.555. The fourth-order valence-corrected chi connectivity index (χ4v) is 3.59. The lowest BCUT2D eigenvalue weighted by molar-refractivity contribution is -0.384. The molecule has 0 aromatic heterocycles. The Morgan fingerprint density at radius 1 is 1.10 bits per heavy atom. The average molecular weight is 461 g/mol. The molecule has 29 heavy (non-hydrogen) atoms. The number of nitro benzene ring substituents is 1. The van der Waals surface area contributed by atoms with E-state index in [1.54, 1.807) is 29.2 Å². The topological polar surface area (TPSA) is 95.8 Å². The van der Waals surface area contributed by atoms with Crippen molar-refractivity contribution < 1.29 is 14.5 Å². The van der Waals surface area contributed by atoms with E-state index in [1.807, 2.05) is 17.9 Å². The molecule has 1 N–H and O–H groups in total. The number of benzene rings is 2. The van der Waals surface area contributed by atoms with E-state index >= 15 is 0 Å². The number of nitrogens with one attached hydrogen (secondary N) is 1. The molecule has 0 spiro atoms. The van der Waals surface area contributed by atoms with E-state index in [0.29, 0.717) is 37.6 Å². The molecule has 1 fully saturated rings. The van der Waals surface area contributed by atoms with Gasteiger partial charge >= 0.3 is 0 Å². The van der Waals surface area contributed by atoms with E-state index in [2.05, 4.69) is 21.2 Å². The highest BCUT2D eigenvalue weighted by atomic mass is 79.9. The molecule has 1 aliphatic heterocycles. The lowest BCUT2D eigenvalue weighted by Gasteiger charge is -2.35. The predicted molar refractivity (Wildman–Crippen MR) is 114 cm³/mol. The Labute approximate surface area is 176 Å². The molecule has 1 aliphatic rings. The highest BCUT2D eigenvalue weighted by Gasteiger charge is 2.26. The van der Waals surface area contributed by atoms with Crippen LogP contribution in [0, 0.1) is 17.0 Å². The maximum absolute atomic E-state index is 12.6. The van der Waals surface area contributed by atoms with E-state index in [-0.39, 0.29) is 17.2 Å². The van der Waals surface area contributed by atoms with Gasteiger partial charge < -0.3 is 15.1 Å². The van der Waals surface area contributed by atoms with Gasteiger partial charge in [-0.05, 0) is 36.8 Å².